The van der Waals surface area contributed by atoms with Crippen molar-refractivity contribution in [2.75, 3.05) is 26.4 Å². The number of hydrogen-bond donors (Lipinski definition) is 2. The average Bonchev–Trinajstić information content (AvgIpc) is 2.72. The third-order valence-electron chi connectivity index (χ3n) is 4.68. The summed E-state index contributed by atoms with van der Waals surface area (Å²) in [5.41, 5.74) is 3.32. The van der Waals surface area contributed by atoms with Gasteiger partial charge in [-0.1, -0.05) is 36.4 Å². The highest BCUT2D eigenvalue weighted by molar-refractivity contribution is 7.90. The van der Waals surface area contributed by atoms with Crippen molar-refractivity contribution in [1.29, 1.82) is 0 Å². The number of nitrogens with zero attached hydrogens (tertiary/aromatic N) is 2. The molecule has 0 spiro atoms. The summed E-state index contributed by atoms with van der Waals surface area (Å²) in [5, 5.41) is 7.77. The van der Waals surface area contributed by atoms with Gasteiger partial charge in [0.2, 0.25) is 0 Å². The second-order valence-electron chi connectivity index (χ2n) is 6.83. The minimum absolute atomic E-state index is 0.342. The summed E-state index contributed by atoms with van der Waals surface area (Å²) in [6.45, 7) is 1.45. The largest absolute Gasteiger partial charge is 0.356 e. The molecule has 0 saturated carbocycles. The Morgan fingerprint density at radius 2 is 1.66 bits per heavy atom. The number of nitrogens with one attached hydrogen (secondary N) is 2. The van der Waals surface area contributed by atoms with Gasteiger partial charge in [-0.05, 0) is 42.2 Å². The minimum atomic E-state index is -3.15. The molecule has 0 saturated heterocycles. The molecule has 29 heavy (non-hydrogen) atoms. The summed E-state index contributed by atoms with van der Waals surface area (Å²) in [4.78, 5) is 9.09. The molecule has 3 aromatic rings. The van der Waals surface area contributed by atoms with E-state index in [1.807, 2.05) is 24.4 Å². The van der Waals surface area contributed by atoms with Gasteiger partial charge in [-0.15, -0.1) is 0 Å². The number of rotatable bonds is 7. The van der Waals surface area contributed by atoms with Crippen LogP contribution < -0.4 is 10.6 Å². The fourth-order valence-corrected chi connectivity index (χ4v) is 3.76. The molecule has 0 fully saturated rings. The Morgan fingerprint density at radius 1 is 0.966 bits per heavy atom. The van der Waals surface area contributed by atoms with Crippen LogP contribution in [0.4, 0.5) is 0 Å². The van der Waals surface area contributed by atoms with E-state index in [0.717, 1.165) is 41.8 Å². The summed E-state index contributed by atoms with van der Waals surface area (Å²) < 4.78 is 23.0. The normalized spacial score (nSPS) is 12.1. The van der Waals surface area contributed by atoms with Gasteiger partial charge in [-0.25, -0.2) is 8.42 Å². The lowest BCUT2D eigenvalue weighted by atomic mass is 10.1. The predicted octanol–water partition coefficient (Wildman–Crippen LogP) is 2.59. The molecule has 0 amide bonds. The van der Waals surface area contributed by atoms with Gasteiger partial charge in [0.1, 0.15) is 0 Å². The van der Waals surface area contributed by atoms with Crippen molar-refractivity contribution < 1.29 is 8.42 Å². The van der Waals surface area contributed by atoms with E-state index in [9.17, 15) is 8.42 Å². The molecule has 0 unspecified atom stereocenters. The maximum absolute atomic E-state index is 11.5. The van der Waals surface area contributed by atoms with Crippen molar-refractivity contribution in [2.24, 2.45) is 4.99 Å². The van der Waals surface area contributed by atoms with Gasteiger partial charge in [0.05, 0.1) is 10.4 Å². The van der Waals surface area contributed by atoms with E-state index in [0.29, 0.717) is 11.4 Å². The Kier molecular flexibility index (Phi) is 6.82. The monoisotopic (exact) mass is 410 g/mol. The quantitative estimate of drug-likeness (QED) is 0.462. The molecular formula is C22H26N4O2S. The van der Waals surface area contributed by atoms with Crippen molar-refractivity contribution in [3.63, 3.8) is 0 Å². The first kappa shape index (κ1) is 20.8. The molecule has 0 bridgehead atoms. The molecule has 0 atom stereocenters. The van der Waals surface area contributed by atoms with Crippen LogP contribution in [0.5, 0.6) is 0 Å². The van der Waals surface area contributed by atoms with Crippen molar-refractivity contribution in [2.45, 2.75) is 17.7 Å². The lowest BCUT2D eigenvalue weighted by Gasteiger charge is -2.12. The van der Waals surface area contributed by atoms with E-state index in [2.05, 4.69) is 44.9 Å². The number of pyridine rings is 1. The zero-order valence-corrected chi connectivity index (χ0v) is 17.5. The van der Waals surface area contributed by atoms with Gasteiger partial charge in [-0.3, -0.25) is 9.98 Å². The molecule has 0 aliphatic heterocycles. The van der Waals surface area contributed by atoms with Crippen LogP contribution >= 0.6 is 0 Å². The van der Waals surface area contributed by atoms with Crippen LogP contribution in [-0.4, -0.2) is 45.8 Å². The first-order chi connectivity index (χ1) is 14.0. The van der Waals surface area contributed by atoms with Gasteiger partial charge in [0, 0.05) is 38.0 Å². The van der Waals surface area contributed by atoms with Crippen LogP contribution in [0, 0.1) is 0 Å². The maximum atomic E-state index is 11.5. The average molecular weight is 411 g/mol. The van der Waals surface area contributed by atoms with Crippen molar-refractivity contribution in [3.8, 4) is 0 Å². The van der Waals surface area contributed by atoms with Crippen molar-refractivity contribution in [3.05, 3.63) is 71.9 Å². The fraction of sp³-hybridized carbons (Fsp3) is 0.273. The number of guanidine groups is 1. The van der Waals surface area contributed by atoms with Gasteiger partial charge >= 0.3 is 0 Å². The molecule has 6 nitrogen and oxygen atoms in total. The highest BCUT2D eigenvalue weighted by Crippen LogP contribution is 2.16. The highest BCUT2D eigenvalue weighted by Gasteiger charge is 2.06. The minimum Gasteiger partial charge on any atom is -0.356 e. The van der Waals surface area contributed by atoms with Gasteiger partial charge in [-0.2, -0.15) is 0 Å². The molecule has 7 heteroatoms. The Morgan fingerprint density at radius 3 is 2.34 bits per heavy atom. The Hall–Kier alpha value is -2.93. The lowest BCUT2D eigenvalue weighted by Crippen LogP contribution is -2.39. The molecule has 0 aliphatic rings. The molecule has 0 aliphatic carbocycles. The first-order valence-electron chi connectivity index (χ1n) is 9.53. The number of sulfone groups is 1. The SMILES string of the molecule is CN=C(NCCc1ccc(S(C)(=O)=O)cc1)NCCc1cccc2cccnc12. The summed E-state index contributed by atoms with van der Waals surface area (Å²) in [5.74, 6) is 0.742. The van der Waals surface area contributed by atoms with Gasteiger partial charge in [0.15, 0.2) is 15.8 Å². The number of aromatic nitrogens is 1. The van der Waals surface area contributed by atoms with E-state index >= 15 is 0 Å². The second-order valence-corrected chi connectivity index (χ2v) is 8.85. The third kappa shape index (κ3) is 5.77. The number of benzene rings is 2. The van der Waals surface area contributed by atoms with Crippen LogP contribution in [-0.2, 0) is 22.7 Å². The predicted molar refractivity (Wildman–Crippen MR) is 118 cm³/mol. The topological polar surface area (TPSA) is 83.5 Å². The van der Waals surface area contributed by atoms with Crippen LogP contribution in [0.2, 0.25) is 0 Å². The summed E-state index contributed by atoms with van der Waals surface area (Å²) in [7, 11) is -1.41. The van der Waals surface area contributed by atoms with Gasteiger partial charge < -0.3 is 10.6 Å². The number of aliphatic imine (C=N–C) groups is 1. The number of hydrogen-bond acceptors (Lipinski definition) is 4. The molecule has 2 aromatic carbocycles. The third-order valence-corrected chi connectivity index (χ3v) is 5.81. The Balaban J connectivity index is 1.47. The molecule has 3 rings (SSSR count). The molecule has 0 radical (unpaired) electrons. The smallest absolute Gasteiger partial charge is 0.190 e. The number of fused-ring (bicyclic) bond motifs is 1. The fourth-order valence-electron chi connectivity index (χ4n) is 3.13. The standard InChI is InChI=1S/C22H26N4O2S/c1-23-22(25-15-12-17-8-10-20(11-9-17)29(2,27)28)26-16-13-19-6-3-5-18-7-4-14-24-21(18)19/h3-11,14H,12-13,15-16H2,1-2H3,(H2,23,25,26). The van der Waals surface area contributed by atoms with E-state index in [4.69, 9.17) is 0 Å². The lowest BCUT2D eigenvalue weighted by molar-refractivity contribution is 0.602. The molecule has 1 heterocycles. The summed E-state index contributed by atoms with van der Waals surface area (Å²) >= 11 is 0. The molecule has 1 aromatic heterocycles. The van der Waals surface area contributed by atoms with Crippen LogP contribution in [0.25, 0.3) is 10.9 Å². The van der Waals surface area contributed by atoms with Crippen molar-refractivity contribution in [1.82, 2.24) is 15.6 Å². The van der Waals surface area contributed by atoms with Gasteiger partial charge in [0.25, 0.3) is 0 Å². The summed E-state index contributed by atoms with van der Waals surface area (Å²) in [6, 6.07) is 17.2. The second kappa shape index (κ2) is 9.52. The zero-order valence-electron chi connectivity index (χ0n) is 16.7. The van der Waals surface area contributed by atoms with Crippen LogP contribution in [0.15, 0.2) is 70.7 Å². The van der Waals surface area contributed by atoms with E-state index in [-0.39, 0.29) is 0 Å². The van der Waals surface area contributed by atoms with E-state index in [1.165, 1.54) is 11.8 Å². The highest BCUT2D eigenvalue weighted by atomic mass is 32.2. The summed E-state index contributed by atoms with van der Waals surface area (Å²) in [6.07, 6.45) is 4.66. The molecule has 152 valence electrons. The molecular weight excluding hydrogens is 384 g/mol. The maximum Gasteiger partial charge on any atom is 0.190 e. The van der Waals surface area contributed by atoms with Crippen LogP contribution in [0.1, 0.15) is 11.1 Å². The van der Waals surface area contributed by atoms with Crippen molar-refractivity contribution >= 4 is 26.7 Å². The Bertz CT molecular complexity index is 1090. The Labute approximate surface area is 172 Å². The number of para-hydroxylation sites is 1. The first-order valence-corrected chi connectivity index (χ1v) is 11.4. The molecule has 2 N–H and O–H groups in total. The zero-order chi connectivity index (χ0) is 20.7. The van der Waals surface area contributed by atoms with Crippen LogP contribution in [0.3, 0.4) is 0 Å². The van der Waals surface area contributed by atoms with E-state index in [1.54, 1.807) is 19.2 Å². The van der Waals surface area contributed by atoms with E-state index < -0.39 is 9.84 Å².